The van der Waals surface area contributed by atoms with Crippen molar-refractivity contribution in [2.75, 3.05) is 13.2 Å². The number of fused-ring (bicyclic) bond motifs is 2. The quantitative estimate of drug-likeness (QED) is 0.313. The van der Waals surface area contributed by atoms with Crippen LogP contribution in [-0.4, -0.2) is 47.6 Å². The van der Waals surface area contributed by atoms with E-state index in [1.807, 2.05) is 41.5 Å². The normalized spacial score (nSPS) is 20.5. The molecule has 0 radical (unpaired) electrons. The third kappa shape index (κ3) is 6.09. The molecule has 0 saturated heterocycles. The van der Waals surface area contributed by atoms with Gasteiger partial charge in [0.2, 0.25) is 11.8 Å². The summed E-state index contributed by atoms with van der Waals surface area (Å²) in [6.07, 6.45) is 0.661. The van der Waals surface area contributed by atoms with Gasteiger partial charge in [-0.1, -0.05) is 0 Å². The van der Waals surface area contributed by atoms with Crippen LogP contribution in [-0.2, 0) is 38.4 Å². The molecule has 9 heteroatoms. The molecular formula is C35H44F3NO5. The fourth-order valence-corrected chi connectivity index (χ4v) is 7.25. The topological polar surface area (TPSA) is 65.1 Å². The molecule has 1 saturated carbocycles. The highest BCUT2D eigenvalue weighted by Gasteiger charge is 2.43. The van der Waals surface area contributed by atoms with Crippen molar-refractivity contribution in [2.24, 2.45) is 0 Å². The number of carbonyl (C=O) groups is 2. The molecule has 0 unspecified atom stereocenters. The number of amides is 1. The van der Waals surface area contributed by atoms with Gasteiger partial charge < -0.3 is 19.1 Å². The number of rotatable bonds is 6. The van der Waals surface area contributed by atoms with Crippen molar-refractivity contribution >= 4 is 11.9 Å². The maximum absolute atomic E-state index is 15.7. The summed E-state index contributed by atoms with van der Waals surface area (Å²) < 4.78 is 62.3. The first-order chi connectivity index (χ1) is 20.6. The molecular weight excluding hydrogens is 571 g/mol. The molecule has 6 nitrogen and oxygen atoms in total. The second kappa shape index (κ2) is 12.0. The van der Waals surface area contributed by atoms with Crippen LogP contribution in [0.4, 0.5) is 13.2 Å². The molecule has 1 fully saturated rings. The Morgan fingerprint density at radius 3 is 2.50 bits per heavy atom. The van der Waals surface area contributed by atoms with Crippen molar-refractivity contribution in [1.29, 1.82) is 0 Å². The molecule has 2 aromatic carbocycles. The minimum Gasteiger partial charge on any atom is -0.490 e. The van der Waals surface area contributed by atoms with E-state index in [1.165, 1.54) is 6.07 Å². The Labute approximate surface area is 258 Å². The van der Waals surface area contributed by atoms with Crippen LogP contribution in [0.3, 0.4) is 0 Å². The molecule has 0 spiro atoms. The average Bonchev–Trinajstić information content (AvgIpc) is 2.94. The zero-order valence-corrected chi connectivity index (χ0v) is 26.9. The van der Waals surface area contributed by atoms with Crippen LogP contribution in [0, 0.1) is 26.6 Å². The molecule has 0 bridgehead atoms. The van der Waals surface area contributed by atoms with Gasteiger partial charge in [0.1, 0.15) is 0 Å². The maximum Gasteiger partial charge on any atom is 0.339 e. The standard InChI is InChI=1S/C35H44F3NO5/c1-8-42-33(41)32(44-34(5,6)7)30-20(3)24-16-28(40)39(22-11-9-13-35(37,38)17-22)18-26(24)21(4)29(30)25-15-27(36)31-23(19(25)2)12-10-14-43-31/h15,22,32H,8-14,16-18H2,1-7H3/t22-,32+/m1/s1. The predicted octanol–water partition coefficient (Wildman–Crippen LogP) is 7.62. The van der Waals surface area contributed by atoms with E-state index in [4.69, 9.17) is 14.2 Å². The summed E-state index contributed by atoms with van der Waals surface area (Å²) in [5.41, 5.74) is 5.77. The SMILES string of the molecule is CCOC(=O)[C@@H](OC(C)(C)C)c1c(C)c2c(c(C)c1-c1cc(F)c3c(c1C)CCCO3)CN([C@@H]1CCCC(F)(F)C1)C(=O)C2. The van der Waals surface area contributed by atoms with Gasteiger partial charge in [0, 0.05) is 36.6 Å². The van der Waals surface area contributed by atoms with Crippen molar-refractivity contribution in [1.82, 2.24) is 4.90 Å². The molecule has 3 aliphatic rings. The zero-order valence-electron chi connectivity index (χ0n) is 26.9. The molecule has 44 heavy (non-hydrogen) atoms. The Morgan fingerprint density at radius 2 is 1.84 bits per heavy atom. The fourth-order valence-electron chi connectivity index (χ4n) is 7.25. The lowest BCUT2D eigenvalue weighted by molar-refractivity contribution is -0.166. The van der Waals surface area contributed by atoms with E-state index in [-0.39, 0.29) is 44.1 Å². The van der Waals surface area contributed by atoms with Gasteiger partial charge in [0.15, 0.2) is 17.7 Å². The lowest BCUT2D eigenvalue weighted by Crippen LogP contribution is -2.48. The first-order valence-corrected chi connectivity index (χ1v) is 15.7. The number of carbonyl (C=O) groups excluding carboxylic acids is 2. The number of benzene rings is 2. The van der Waals surface area contributed by atoms with Crippen LogP contribution in [0.1, 0.15) is 105 Å². The van der Waals surface area contributed by atoms with Gasteiger partial charge >= 0.3 is 5.97 Å². The Morgan fingerprint density at radius 1 is 1.11 bits per heavy atom. The highest BCUT2D eigenvalue weighted by atomic mass is 19.3. The molecule has 1 aliphatic carbocycles. The van der Waals surface area contributed by atoms with Gasteiger partial charge in [-0.3, -0.25) is 4.79 Å². The second-order valence-electron chi connectivity index (χ2n) is 13.5. The van der Waals surface area contributed by atoms with Crippen molar-refractivity contribution in [3.63, 3.8) is 0 Å². The van der Waals surface area contributed by atoms with Gasteiger partial charge in [-0.2, -0.15) is 0 Å². The Hall–Kier alpha value is -3.07. The molecule has 240 valence electrons. The van der Waals surface area contributed by atoms with E-state index in [2.05, 4.69) is 0 Å². The van der Waals surface area contributed by atoms with E-state index in [1.54, 1.807) is 11.8 Å². The van der Waals surface area contributed by atoms with Crippen LogP contribution in [0.2, 0.25) is 0 Å². The summed E-state index contributed by atoms with van der Waals surface area (Å²) in [7, 11) is 0. The predicted molar refractivity (Wildman–Crippen MR) is 162 cm³/mol. The first kappa shape index (κ1) is 32.3. The van der Waals surface area contributed by atoms with Crippen LogP contribution >= 0.6 is 0 Å². The number of hydrogen-bond acceptors (Lipinski definition) is 5. The molecule has 2 aliphatic heterocycles. The third-order valence-electron chi connectivity index (χ3n) is 9.29. The van der Waals surface area contributed by atoms with E-state index in [0.29, 0.717) is 48.1 Å². The number of hydrogen-bond donors (Lipinski definition) is 0. The third-order valence-corrected chi connectivity index (χ3v) is 9.29. The van der Waals surface area contributed by atoms with Crippen molar-refractivity contribution in [3.8, 4) is 16.9 Å². The Bertz CT molecular complexity index is 1480. The van der Waals surface area contributed by atoms with Crippen molar-refractivity contribution in [3.05, 3.63) is 50.8 Å². The van der Waals surface area contributed by atoms with E-state index < -0.39 is 35.5 Å². The van der Waals surface area contributed by atoms with Crippen molar-refractivity contribution in [2.45, 2.75) is 124 Å². The molecule has 2 aromatic rings. The largest absolute Gasteiger partial charge is 0.490 e. The van der Waals surface area contributed by atoms with Crippen LogP contribution in [0.5, 0.6) is 5.75 Å². The summed E-state index contributed by atoms with van der Waals surface area (Å²) in [5, 5.41) is 0. The highest BCUT2D eigenvalue weighted by molar-refractivity contribution is 5.89. The van der Waals surface area contributed by atoms with Gasteiger partial charge in [0.05, 0.1) is 25.2 Å². The number of halogens is 3. The van der Waals surface area contributed by atoms with E-state index in [9.17, 15) is 18.4 Å². The smallest absolute Gasteiger partial charge is 0.339 e. The van der Waals surface area contributed by atoms with Crippen LogP contribution in [0.25, 0.3) is 11.1 Å². The second-order valence-corrected chi connectivity index (χ2v) is 13.5. The molecule has 2 heterocycles. The van der Waals surface area contributed by atoms with Gasteiger partial charge in [-0.05, 0) is 119 Å². The summed E-state index contributed by atoms with van der Waals surface area (Å²) in [6, 6.07) is 0.906. The van der Waals surface area contributed by atoms with E-state index in [0.717, 1.165) is 34.2 Å². The zero-order chi connectivity index (χ0) is 32.1. The van der Waals surface area contributed by atoms with Gasteiger partial charge in [0.25, 0.3) is 0 Å². The minimum atomic E-state index is -2.81. The molecule has 0 aromatic heterocycles. The van der Waals surface area contributed by atoms with Gasteiger partial charge in [-0.25, -0.2) is 18.0 Å². The Kier molecular flexibility index (Phi) is 8.84. The fraction of sp³-hybridized carbons (Fsp3) is 0.600. The minimum absolute atomic E-state index is 0.0216. The molecule has 5 rings (SSSR count). The Balaban J connectivity index is 1.77. The highest BCUT2D eigenvalue weighted by Crippen LogP contribution is 2.47. The van der Waals surface area contributed by atoms with Crippen LogP contribution < -0.4 is 4.74 Å². The number of esters is 1. The van der Waals surface area contributed by atoms with Crippen molar-refractivity contribution < 1.29 is 37.0 Å². The lowest BCUT2D eigenvalue weighted by atomic mass is 9.77. The number of ether oxygens (including phenoxy) is 3. The summed E-state index contributed by atoms with van der Waals surface area (Å²) >= 11 is 0. The first-order valence-electron chi connectivity index (χ1n) is 15.7. The average molecular weight is 616 g/mol. The monoisotopic (exact) mass is 615 g/mol. The van der Waals surface area contributed by atoms with Crippen LogP contribution in [0.15, 0.2) is 6.07 Å². The lowest BCUT2D eigenvalue weighted by Gasteiger charge is -2.41. The van der Waals surface area contributed by atoms with Gasteiger partial charge in [-0.15, -0.1) is 0 Å². The summed E-state index contributed by atoms with van der Waals surface area (Å²) in [5.74, 6) is -3.81. The number of alkyl halides is 2. The summed E-state index contributed by atoms with van der Waals surface area (Å²) in [4.78, 5) is 28.8. The summed E-state index contributed by atoms with van der Waals surface area (Å²) in [6.45, 7) is 13.7. The maximum atomic E-state index is 15.7. The molecule has 2 atom stereocenters. The molecule has 0 N–H and O–H groups in total. The van der Waals surface area contributed by atoms with E-state index >= 15 is 4.39 Å². The molecule has 1 amide bonds. The number of nitrogens with zero attached hydrogens (tertiary/aromatic N) is 1.